The highest BCUT2D eigenvalue weighted by Gasteiger charge is 2.16. The molecule has 1 aromatic heterocycles. The minimum absolute atomic E-state index is 0.0434. The van der Waals surface area contributed by atoms with Crippen molar-refractivity contribution in [3.05, 3.63) is 53.5 Å². The van der Waals surface area contributed by atoms with Gasteiger partial charge in [0.15, 0.2) is 28.4 Å². The number of aromatic nitrogens is 2. The van der Waals surface area contributed by atoms with Gasteiger partial charge in [0, 0.05) is 19.2 Å². The van der Waals surface area contributed by atoms with E-state index in [0.29, 0.717) is 25.4 Å². The third-order valence-corrected chi connectivity index (χ3v) is 4.82. The number of ether oxygens (including phenoxy) is 1. The summed E-state index contributed by atoms with van der Waals surface area (Å²) in [5.74, 6) is 0.445. The second-order valence-electron chi connectivity index (χ2n) is 7.21. The Morgan fingerprint density at radius 1 is 1.12 bits per heavy atom. The molecule has 12 heteroatoms. The van der Waals surface area contributed by atoms with Crippen LogP contribution in [0.1, 0.15) is 41.7 Å². The standard InChI is InChI=1S/C22H30ClN9O2/c1-2-28-16(24)7-5-13-34-15-10-8-14(9-11-15)6-3-4-12-29-22(27)32-21(33)17-19(25)31-20(26)18(23)30-17/h2,8-11H,1,3-7,12-13H2,(H2,24,28)(H4,25,26,31)(H3,27,29,32,33). The number of nitrogen functional groups attached to an aromatic ring is 2. The Hall–Kier alpha value is -3.86. The number of amidine groups is 1. The summed E-state index contributed by atoms with van der Waals surface area (Å²) in [5, 5.41) is 2.29. The number of guanidine groups is 1. The number of carbonyl (C=O) groups excluding carboxylic acids is 1. The summed E-state index contributed by atoms with van der Waals surface area (Å²) >= 11 is 5.78. The zero-order valence-electron chi connectivity index (χ0n) is 18.8. The van der Waals surface area contributed by atoms with Gasteiger partial charge in [-0.3, -0.25) is 15.1 Å². The van der Waals surface area contributed by atoms with E-state index in [4.69, 9.17) is 39.3 Å². The van der Waals surface area contributed by atoms with E-state index in [1.165, 1.54) is 11.8 Å². The second-order valence-corrected chi connectivity index (χ2v) is 7.57. The number of rotatable bonds is 12. The number of unbranched alkanes of at least 4 members (excludes halogenated alkanes) is 1. The van der Waals surface area contributed by atoms with Crippen molar-refractivity contribution in [3.63, 3.8) is 0 Å². The topological polar surface area (TPSA) is 193 Å². The van der Waals surface area contributed by atoms with Gasteiger partial charge in [0.1, 0.15) is 5.75 Å². The van der Waals surface area contributed by atoms with Crippen LogP contribution < -0.4 is 33.0 Å². The van der Waals surface area contributed by atoms with Crippen molar-refractivity contribution in [2.24, 2.45) is 21.5 Å². The summed E-state index contributed by atoms with van der Waals surface area (Å²) in [7, 11) is 0. The number of hydrogen-bond acceptors (Lipinski definition) is 8. The predicted octanol–water partition coefficient (Wildman–Crippen LogP) is 2.02. The summed E-state index contributed by atoms with van der Waals surface area (Å²) in [6.45, 7) is 4.53. The fourth-order valence-corrected chi connectivity index (χ4v) is 2.97. The van der Waals surface area contributed by atoms with E-state index in [-0.39, 0.29) is 28.4 Å². The first-order valence-electron chi connectivity index (χ1n) is 10.6. The van der Waals surface area contributed by atoms with Crippen molar-refractivity contribution in [1.82, 2.24) is 15.3 Å². The minimum atomic E-state index is -0.663. The highest BCUT2D eigenvalue weighted by Crippen LogP contribution is 2.17. The van der Waals surface area contributed by atoms with Crippen molar-refractivity contribution in [2.75, 3.05) is 24.6 Å². The number of carbonyl (C=O) groups is 1. The van der Waals surface area contributed by atoms with Crippen molar-refractivity contribution in [2.45, 2.75) is 32.1 Å². The second kappa shape index (κ2) is 13.6. The van der Waals surface area contributed by atoms with Crippen LogP contribution in [0, 0.1) is 0 Å². The number of nitrogens with two attached hydrogens (primary N) is 4. The van der Waals surface area contributed by atoms with Crippen LogP contribution in [0.3, 0.4) is 0 Å². The molecule has 0 saturated carbocycles. The molecule has 0 bridgehead atoms. The summed E-state index contributed by atoms with van der Waals surface area (Å²) in [6.07, 6.45) is 5.45. The number of aryl methyl sites for hydroxylation is 1. The molecule has 0 atom stereocenters. The lowest BCUT2D eigenvalue weighted by Crippen LogP contribution is -2.38. The molecular formula is C22H30ClN9O2. The molecule has 0 saturated heterocycles. The van der Waals surface area contributed by atoms with Crippen LogP contribution in [-0.2, 0) is 6.42 Å². The van der Waals surface area contributed by atoms with E-state index >= 15 is 0 Å². The van der Waals surface area contributed by atoms with E-state index in [2.05, 4.69) is 31.8 Å². The summed E-state index contributed by atoms with van der Waals surface area (Å²) < 4.78 is 5.71. The lowest BCUT2D eigenvalue weighted by molar-refractivity contribution is 0.0972. The maximum atomic E-state index is 12.2. The maximum Gasteiger partial charge on any atom is 0.280 e. The Balaban J connectivity index is 1.68. The van der Waals surface area contributed by atoms with E-state index in [1.54, 1.807) is 0 Å². The third-order valence-electron chi connectivity index (χ3n) is 4.54. The molecule has 182 valence electrons. The Kier molecular flexibility index (Phi) is 10.6. The van der Waals surface area contributed by atoms with Crippen LogP contribution in [0.2, 0.25) is 5.15 Å². The molecule has 0 aliphatic rings. The minimum Gasteiger partial charge on any atom is -0.494 e. The molecule has 0 unspecified atom stereocenters. The molecule has 1 aromatic carbocycles. The first kappa shape index (κ1) is 26.4. The maximum absolute atomic E-state index is 12.2. The Morgan fingerprint density at radius 3 is 2.56 bits per heavy atom. The van der Waals surface area contributed by atoms with Gasteiger partial charge in [-0.15, -0.1) is 0 Å². The lowest BCUT2D eigenvalue weighted by Gasteiger charge is -2.08. The molecule has 0 fully saturated rings. The van der Waals surface area contributed by atoms with Crippen LogP contribution in [-0.4, -0.2) is 40.8 Å². The quantitative estimate of drug-likeness (QED) is 0.170. The average molecular weight is 488 g/mol. The van der Waals surface area contributed by atoms with Crippen molar-refractivity contribution in [1.29, 1.82) is 0 Å². The summed E-state index contributed by atoms with van der Waals surface area (Å²) in [5.41, 5.74) is 23.6. The normalized spacial score (nSPS) is 11.8. The van der Waals surface area contributed by atoms with Crippen LogP contribution in [0.5, 0.6) is 5.75 Å². The fourth-order valence-electron chi connectivity index (χ4n) is 2.84. The van der Waals surface area contributed by atoms with Crippen molar-refractivity contribution in [3.8, 4) is 5.75 Å². The van der Waals surface area contributed by atoms with E-state index in [9.17, 15) is 4.79 Å². The summed E-state index contributed by atoms with van der Waals surface area (Å²) in [6, 6.07) is 7.95. The fraction of sp³-hybridized carbons (Fsp3) is 0.318. The number of hydrogen-bond donors (Lipinski definition) is 5. The number of amides is 1. The number of halogens is 1. The molecule has 34 heavy (non-hydrogen) atoms. The molecular weight excluding hydrogens is 458 g/mol. The molecule has 1 heterocycles. The van der Waals surface area contributed by atoms with Gasteiger partial charge in [0.05, 0.1) is 12.4 Å². The number of anilines is 2. The van der Waals surface area contributed by atoms with E-state index in [0.717, 1.165) is 31.4 Å². The van der Waals surface area contributed by atoms with Gasteiger partial charge in [-0.1, -0.05) is 30.3 Å². The molecule has 0 aliphatic heterocycles. The summed E-state index contributed by atoms with van der Waals surface area (Å²) in [4.78, 5) is 27.8. The largest absolute Gasteiger partial charge is 0.494 e. The number of aliphatic imine (C=N–C) groups is 2. The Morgan fingerprint density at radius 2 is 1.85 bits per heavy atom. The molecule has 0 spiro atoms. The zero-order valence-corrected chi connectivity index (χ0v) is 19.6. The Bertz CT molecular complexity index is 1040. The molecule has 1 amide bonds. The van der Waals surface area contributed by atoms with Gasteiger partial charge in [-0.2, -0.15) is 0 Å². The van der Waals surface area contributed by atoms with Gasteiger partial charge in [-0.05, 0) is 43.4 Å². The number of nitrogens with one attached hydrogen (secondary N) is 1. The lowest BCUT2D eigenvalue weighted by atomic mass is 10.1. The van der Waals surface area contributed by atoms with Crippen LogP contribution in [0.15, 0.2) is 47.0 Å². The SMILES string of the molecule is C=CN=C(N)CCCOc1ccc(CCCCN=C(N)NC(=O)c2nc(Cl)c(N)nc2N)cc1. The van der Waals surface area contributed by atoms with E-state index < -0.39 is 5.91 Å². The molecule has 0 radical (unpaired) electrons. The average Bonchev–Trinajstić information content (AvgIpc) is 2.80. The van der Waals surface area contributed by atoms with Gasteiger partial charge in [0.2, 0.25) is 0 Å². The molecule has 11 nitrogen and oxygen atoms in total. The Labute approximate surface area is 203 Å². The third kappa shape index (κ3) is 8.94. The molecule has 0 aliphatic carbocycles. The smallest absolute Gasteiger partial charge is 0.280 e. The first-order valence-corrected chi connectivity index (χ1v) is 11.0. The number of nitrogens with zero attached hydrogens (tertiary/aromatic N) is 4. The molecule has 9 N–H and O–H groups in total. The van der Waals surface area contributed by atoms with Crippen LogP contribution in [0.25, 0.3) is 0 Å². The monoisotopic (exact) mass is 487 g/mol. The van der Waals surface area contributed by atoms with Crippen LogP contribution >= 0.6 is 11.6 Å². The van der Waals surface area contributed by atoms with Gasteiger partial charge < -0.3 is 27.7 Å². The van der Waals surface area contributed by atoms with Gasteiger partial charge in [-0.25, -0.2) is 15.0 Å². The van der Waals surface area contributed by atoms with Crippen molar-refractivity contribution < 1.29 is 9.53 Å². The van der Waals surface area contributed by atoms with Crippen LogP contribution in [0.4, 0.5) is 11.6 Å². The molecule has 2 aromatic rings. The highest BCUT2D eigenvalue weighted by atomic mass is 35.5. The first-order chi connectivity index (χ1) is 16.3. The van der Waals surface area contributed by atoms with E-state index in [1.807, 2.05) is 24.3 Å². The molecule has 2 rings (SSSR count). The zero-order chi connectivity index (χ0) is 24.9. The van der Waals surface area contributed by atoms with Crippen molar-refractivity contribution >= 4 is 40.9 Å². The predicted molar refractivity (Wildman–Crippen MR) is 136 cm³/mol. The van der Waals surface area contributed by atoms with Gasteiger partial charge in [0.25, 0.3) is 5.91 Å². The van der Waals surface area contributed by atoms with Gasteiger partial charge >= 0.3 is 0 Å². The number of benzene rings is 1. The highest BCUT2D eigenvalue weighted by molar-refractivity contribution is 6.31.